The Labute approximate surface area is 115 Å². The van der Waals surface area contributed by atoms with Crippen LogP contribution in [0.15, 0.2) is 24.3 Å². The first kappa shape index (κ1) is 13.3. The summed E-state index contributed by atoms with van der Waals surface area (Å²) in [5.41, 5.74) is 8.04. The summed E-state index contributed by atoms with van der Waals surface area (Å²) in [6, 6.07) is 8.24. The van der Waals surface area contributed by atoms with Crippen LogP contribution in [0, 0.1) is 5.92 Å². The quantitative estimate of drug-likeness (QED) is 0.847. The molecule has 2 nitrogen and oxygen atoms in total. The van der Waals surface area contributed by atoms with Crippen LogP contribution in [-0.4, -0.2) is 18.1 Å². The molecule has 1 unspecified atom stereocenters. The van der Waals surface area contributed by atoms with Gasteiger partial charge in [-0.1, -0.05) is 37.7 Å². The number of anilines is 1. The van der Waals surface area contributed by atoms with Crippen LogP contribution in [0.5, 0.6) is 0 Å². The van der Waals surface area contributed by atoms with Crippen LogP contribution >= 0.6 is 12.2 Å². The zero-order valence-electron chi connectivity index (χ0n) is 11.1. The molecule has 0 bridgehead atoms. The summed E-state index contributed by atoms with van der Waals surface area (Å²) in [6.07, 6.45) is 5.19. The maximum Gasteiger partial charge on any atom is 0.106 e. The van der Waals surface area contributed by atoms with E-state index in [0.717, 1.165) is 24.6 Å². The largest absolute Gasteiger partial charge is 0.389 e. The third-order valence-electron chi connectivity index (χ3n) is 3.94. The first-order valence-corrected chi connectivity index (χ1v) is 7.27. The molecule has 0 aliphatic carbocycles. The molecule has 2 N–H and O–H groups in total. The van der Waals surface area contributed by atoms with Crippen molar-refractivity contribution >= 4 is 22.9 Å². The van der Waals surface area contributed by atoms with Gasteiger partial charge in [0.05, 0.1) is 0 Å². The fourth-order valence-electron chi connectivity index (χ4n) is 2.77. The molecule has 0 saturated carbocycles. The summed E-state index contributed by atoms with van der Waals surface area (Å²) >= 11 is 5.15. The van der Waals surface area contributed by atoms with Gasteiger partial charge in [-0.2, -0.15) is 0 Å². The molecule has 1 aromatic rings. The molecule has 1 atom stereocenters. The molecular formula is C15H22N2S. The first-order chi connectivity index (χ1) is 8.72. The van der Waals surface area contributed by atoms with Crippen LogP contribution in [0.4, 0.5) is 5.69 Å². The molecule has 0 amide bonds. The minimum Gasteiger partial charge on any atom is -0.389 e. The molecule has 98 valence electrons. The van der Waals surface area contributed by atoms with Crippen molar-refractivity contribution in [3.05, 3.63) is 29.8 Å². The fraction of sp³-hybridized carbons (Fsp3) is 0.533. The Morgan fingerprint density at radius 3 is 2.83 bits per heavy atom. The molecule has 0 radical (unpaired) electrons. The minimum absolute atomic E-state index is 0.502. The Morgan fingerprint density at radius 1 is 1.33 bits per heavy atom. The minimum atomic E-state index is 0.502. The van der Waals surface area contributed by atoms with E-state index in [1.54, 1.807) is 0 Å². The smallest absolute Gasteiger partial charge is 0.106 e. The van der Waals surface area contributed by atoms with Gasteiger partial charge in [0.25, 0.3) is 0 Å². The van der Waals surface area contributed by atoms with Crippen LogP contribution in [0.1, 0.15) is 38.2 Å². The van der Waals surface area contributed by atoms with E-state index < -0.39 is 0 Å². The summed E-state index contributed by atoms with van der Waals surface area (Å²) in [6.45, 7) is 4.54. The Morgan fingerprint density at radius 2 is 2.11 bits per heavy atom. The van der Waals surface area contributed by atoms with Crippen molar-refractivity contribution in [3.63, 3.8) is 0 Å². The molecular weight excluding hydrogens is 240 g/mol. The molecule has 1 saturated heterocycles. The molecule has 18 heavy (non-hydrogen) atoms. The summed E-state index contributed by atoms with van der Waals surface area (Å²) in [4.78, 5) is 2.95. The van der Waals surface area contributed by atoms with E-state index >= 15 is 0 Å². The summed E-state index contributed by atoms with van der Waals surface area (Å²) in [5, 5.41) is 0. The van der Waals surface area contributed by atoms with Crippen molar-refractivity contribution in [1.82, 2.24) is 0 Å². The zero-order chi connectivity index (χ0) is 13.0. The molecule has 1 aromatic carbocycles. The van der Waals surface area contributed by atoms with E-state index in [0.29, 0.717) is 4.99 Å². The fourth-order valence-corrected chi connectivity index (χ4v) is 2.94. The Balaban J connectivity index is 2.18. The van der Waals surface area contributed by atoms with E-state index in [9.17, 15) is 0 Å². The van der Waals surface area contributed by atoms with Gasteiger partial charge in [0, 0.05) is 24.3 Å². The maximum atomic E-state index is 5.82. The van der Waals surface area contributed by atoms with Crippen molar-refractivity contribution in [2.45, 2.75) is 32.6 Å². The average molecular weight is 262 g/mol. The zero-order valence-corrected chi connectivity index (χ0v) is 11.9. The molecule has 1 aliphatic rings. The second-order valence-corrected chi connectivity index (χ2v) is 5.51. The highest BCUT2D eigenvalue weighted by molar-refractivity contribution is 7.80. The van der Waals surface area contributed by atoms with Crippen molar-refractivity contribution in [2.24, 2.45) is 11.7 Å². The Bertz CT molecular complexity index is 417. The van der Waals surface area contributed by atoms with Crippen LogP contribution in [0.3, 0.4) is 0 Å². The SMILES string of the molecule is CCC1CCCN(c2ccccc2C(N)=S)CC1. The lowest BCUT2D eigenvalue weighted by Crippen LogP contribution is -2.27. The van der Waals surface area contributed by atoms with E-state index in [2.05, 4.69) is 24.0 Å². The second kappa shape index (κ2) is 6.19. The van der Waals surface area contributed by atoms with Crippen LogP contribution in [0.2, 0.25) is 0 Å². The molecule has 0 spiro atoms. The number of hydrogen-bond donors (Lipinski definition) is 1. The topological polar surface area (TPSA) is 29.3 Å². The average Bonchev–Trinajstić information content (AvgIpc) is 2.63. The highest BCUT2D eigenvalue weighted by atomic mass is 32.1. The molecule has 1 fully saturated rings. The van der Waals surface area contributed by atoms with E-state index in [-0.39, 0.29) is 0 Å². The Kier molecular flexibility index (Phi) is 4.59. The Hall–Kier alpha value is -1.09. The monoisotopic (exact) mass is 262 g/mol. The third kappa shape index (κ3) is 3.02. The highest BCUT2D eigenvalue weighted by Gasteiger charge is 2.18. The number of para-hydroxylation sites is 1. The summed E-state index contributed by atoms with van der Waals surface area (Å²) in [5.74, 6) is 0.881. The lowest BCUT2D eigenvalue weighted by Gasteiger charge is -2.25. The molecule has 2 rings (SSSR count). The van der Waals surface area contributed by atoms with Gasteiger partial charge in [-0.05, 0) is 37.3 Å². The van der Waals surface area contributed by atoms with Gasteiger partial charge in [-0.25, -0.2) is 0 Å². The van der Waals surface area contributed by atoms with Crippen molar-refractivity contribution in [2.75, 3.05) is 18.0 Å². The number of rotatable bonds is 3. The van der Waals surface area contributed by atoms with Gasteiger partial charge in [0.2, 0.25) is 0 Å². The second-order valence-electron chi connectivity index (χ2n) is 5.07. The van der Waals surface area contributed by atoms with E-state index in [4.69, 9.17) is 18.0 Å². The first-order valence-electron chi connectivity index (χ1n) is 6.86. The van der Waals surface area contributed by atoms with Gasteiger partial charge < -0.3 is 10.6 Å². The number of hydrogen-bond acceptors (Lipinski definition) is 2. The summed E-state index contributed by atoms with van der Waals surface area (Å²) in [7, 11) is 0. The van der Waals surface area contributed by atoms with E-state index in [1.165, 1.54) is 31.4 Å². The molecule has 0 aromatic heterocycles. The van der Waals surface area contributed by atoms with Gasteiger partial charge in [-0.3, -0.25) is 0 Å². The van der Waals surface area contributed by atoms with E-state index in [1.807, 2.05) is 12.1 Å². The predicted octanol–water partition coefficient (Wildman–Crippen LogP) is 3.34. The lowest BCUT2D eigenvalue weighted by molar-refractivity contribution is 0.459. The number of nitrogens with zero attached hydrogens (tertiary/aromatic N) is 1. The number of thiocarbonyl (C=S) groups is 1. The maximum absolute atomic E-state index is 5.82. The van der Waals surface area contributed by atoms with Gasteiger partial charge in [-0.15, -0.1) is 0 Å². The van der Waals surface area contributed by atoms with Crippen molar-refractivity contribution < 1.29 is 0 Å². The third-order valence-corrected chi connectivity index (χ3v) is 4.16. The van der Waals surface area contributed by atoms with Gasteiger partial charge >= 0.3 is 0 Å². The highest BCUT2D eigenvalue weighted by Crippen LogP contribution is 2.26. The molecule has 1 aliphatic heterocycles. The van der Waals surface area contributed by atoms with Gasteiger partial charge in [0.1, 0.15) is 4.99 Å². The summed E-state index contributed by atoms with van der Waals surface area (Å²) < 4.78 is 0. The van der Waals surface area contributed by atoms with Crippen LogP contribution in [0.25, 0.3) is 0 Å². The molecule has 3 heteroatoms. The van der Waals surface area contributed by atoms with Gasteiger partial charge in [0.15, 0.2) is 0 Å². The standard InChI is InChI=1S/C15H22N2S/c1-2-12-6-5-10-17(11-9-12)14-8-4-3-7-13(14)15(16)18/h3-4,7-8,12H,2,5-6,9-11H2,1H3,(H2,16,18). The van der Waals surface area contributed by atoms with Crippen molar-refractivity contribution in [3.8, 4) is 0 Å². The van der Waals surface area contributed by atoms with Crippen LogP contribution < -0.4 is 10.6 Å². The van der Waals surface area contributed by atoms with Crippen molar-refractivity contribution in [1.29, 1.82) is 0 Å². The normalized spacial score (nSPS) is 20.5. The van der Waals surface area contributed by atoms with Crippen LogP contribution in [-0.2, 0) is 0 Å². The number of nitrogens with two attached hydrogens (primary N) is 1. The predicted molar refractivity (Wildman–Crippen MR) is 82.2 cm³/mol. The number of benzene rings is 1. The lowest BCUT2D eigenvalue weighted by atomic mass is 9.98. The molecule has 1 heterocycles.